The number of esters is 1. The number of β-lactam (4-membered cyclic amide) rings is 1. The summed E-state index contributed by atoms with van der Waals surface area (Å²) in [6, 6.07) is 48.2. The van der Waals surface area contributed by atoms with Gasteiger partial charge in [-0.1, -0.05) is 180 Å². The Kier molecular flexibility index (Phi) is 13.3. The summed E-state index contributed by atoms with van der Waals surface area (Å²) < 4.78 is 7.04. The lowest BCUT2D eigenvalue weighted by atomic mass is 9.77. The fraction of sp³-hybridized carbons (Fsp3) is 0.122. The van der Waals surface area contributed by atoms with E-state index in [-0.39, 0.29) is 17.1 Å². The Morgan fingerprint density at radius 1 is 0.831 bits per heavy atom. The maximum absolute atomic E-state index is 14.5. The molecule has 2 aliphatic rings. The Bertz CT molecular complexity index is 2710. The Morgan fingerprint density at radius 2 is 1.40 bits per heavy atom. The van der Waals surface area contributed by atoms with Gasteiger partial charge in [-0.2, -0.15) is 0 Å². The number of nitrogens with one attached hydrogen (secondary N) is 2. The number of thiazole rings is 1. The molecule has 0 aliphatic carbocycles. The average molecular weight is 934 g/mol. The van der Waals surface area contributed by atoms with Crippen molar-refractivity contribution < 1.29 is 24.0 Å². The van der Waals surface area contributed by atoms with Crippen LogP contribution in [0.15, 0.2) is 195 Å². The first-order chi connectivity index (χ1) is 31.9. The monoisotopic (exact) mass is 933 g/mol. The normalized spacial score (nSPS) is 16.2. The predicted molar refractivity (Wildman–Crippen MR) is 256 cm³/mol. The molecular weight excluding hydrogens is 895 g/mol. The van der Waals surface area contributed by atoms with Crippen LogP contribution in [0, 0.1) is 0 Å². The lowest BCUT2D eigenvalue weighted by Gasteiger charge is -2.49. The molecule has 2 amide bonds. The van der Waals surface area contributed by atoms with Gasteiger partial charge in [0.2, 0.25) is 0 Å². The highest BCUT2D eigenvalue weighted by atomic mass is 32.2. The molecule has 0 spiro atoms. The molecule has 0 saturated carbocycles. The maximum atomic E-state index is 14.5. The quantitative estimate of drug-likeness (QED) is 0.0239. The molecule has 5 aromatic carbocycles. The van der Waals surface area contributed by atoms with E-state index in [1.807, 2.05) is 121 Å². The summed E-state index contributed by atoms with van der Waals surface area (Å²) in [4.78, 5) is 54.5. The number of allylic oxidation sites excluding steroid dienone is 1. The fourth-order valence-electron chi connectivity index (χ4n) is 7.78. The van der Waals surface area contributed by atoms with Crippen LogP contribution in [-0.2, 0) is 29.5 Å². The third-order valence-corrected chi connectivity index (χ3v) is 14.4. The van der Waals surface area contributed by atoms with E-state index in [0.717, 1.165) is 32.2 Å². The smallest absolute Gasteiger partial charge is 0.356 e. The number of ether oxygens (including phenoxy) is 1. The molecule has 0 radical (unpaired) electrons. The standard InChI is InChI=1S/C49H39N7O5S4/c1-60-55-39(38-30-64-47(51-38)53-49(35-21-11-4-12-22-35,36-23-13-5-14-24-36)37-25-15-6-16-26-37)43(57)52-40-44(58)56-41(34(29-63-45(40)56)27-28-62-48-54-50-31-65-48)46(59)61-42(32-17-7-2-8-18-32)33-19-9-3-10-20-33/h2-28,30-31,40,42,45H,29H2,1H3,(H,51,53)(H,52,57)/b28-27+,55-39+. The molecule has 12 nitrogen and oxygen atoms in total. The molecule has 16 heteroatoms. The van der Waals surface area contributed by atoms with Crippen LogP contribution >= 0.6 is 46.2 Å². The van der Waals surface area contributed by atoms with Crippen molar-refractivity contribution in [2.75, 3.05) is 18.2 Å². The Hall–Kier alpha value is -6.85. The third kappa shape index (κ3) is 9.11. The zero-order valence-corrected chi connectivity index (χ0v) is 37.9. The number of fused-ring (bicyclic) bond motifs is 1. The number of amides is 2. The van der Waals surface area contributed by atoms with Gasteiger partial charge in [-0.3, -0.25) is 14.5 Å². The molecular formula is C49H39N7O5S4. The molecule has 2 atom stereocenters. The lowest BCUT2D eigenvalue weighted by molar-refractivity contribution is -0.154. The van der Waals surface area contributed by atoms with Crippen molar-refractivity contribution in [1.82, 2.24) is 25.4 Å². The number of benzene rings is 5. The Labute approximate surface area is 391 Å². The number of oxime groups is 1. The van der Waals surface area contributed by atoms with E-state index in [1.54, 1.807) is 17.0 Å². The first kappa shape index (κ1) is 43.4. The van der Waals surface area contributed by atoms with Crippen LogP contribution in [0.4, 0.5) is 5.13 Å². The first-order valence-corrected chi connectivity index (χ1v) is 24.0. The largest absolute Gasteiger partial charge is 0.448 e. The van der Waals surface area contributed by atoms with Crippen molar-refractivity contribution in [3.63, 3.8) is 0 Å². The van der Waals surface area contributed by atoms with Crippen LogP contribution < -0.4 is 10.6 Å². The van der Waals surface area contributed by atoms with Gasteiger partial charge < -0.3 is 20.2 Å². The molecule has 4 heterocycles. The summed E-state index contributed by atoms with van der Waals surface area (Å²) >= 11 is 5.48. The van der Waals surface area contributed by atoms with Crippen molar-refractivity contribution in [3.8, 4) is 0 Å². The SMILES string of the molecule is CO/N=C(/C(=O)NC1C(=O)N2C(C(=O)OC(c3ccccc3)c3ccccc3)=C(/C=C/Sc3nncs3)CSC12)c1csc(NC(c2ccccc2)(c2ccccc2)c2ccccc2)n1. The van der Waals surface area contributed by atoms with Gasteiger partial charge in [0.25, 0.3) is 11.8 Å². The summed E-state index contributed by atoms with van der Waals surface area (Å²) in [5, 5.41) is 22.1. The number of carbonyl (C=O) groups is 3. The van der Waals surface area contributed by atoms with Crippen LogP contribution in [0.1, 0.15) is 39.6 Å². The Morgan fingerprint density at radius 3 is 1.94 bits per heavy atom. The van der Waals surface area contributed by atoms with Crippen LogP contribution in [0.5, 0.6) is 0 Å². The number of aromatic nitrogens is 3. The van der Waals surface area contributed by atoms with Crippen molar-refractivity contribution in [2.45, 2.75) is 27.4 Å². The van der Waals surface area contributed by atoms with E-state index in [4.69, 9.17) is 14.6 Å². The molecule has 2 N–H and O–H groups in total. The van der Waals surface area contributed by atoms with E-state index in [0.29, 0.717) is 16.5 Å². The molecule has 0 bridgehead atoms. The van der Waals surface area contributed by atoms with Gasteiger partial charge in [-0.25, -0.2) is 9.78 Å². The van der Waals surface area contributed by atoms with E-state index in [9.17, 15) is 14.4 Å². The van der Waals surface area contributed by atoms with E-state index >= 15 is 0 Å². The molecule has 2 aliphatic heterocycles. The number of rotatable bonds is 16. The van der Waals surface area contributed by atoms with Crippen LogP contribution in [0.3, 0.4) is 0 Å². The molecule has 65 heavy (non-hydrogen) atoms. The van der Waals surface area contributed by atoms with Crippen LogP contribution in [0.25, 0.3) is 0 Å². The second kappa shape index (κ2) is 19.9. The molecule has 7 aromatic rings. The second-order valence-electron chi connectivity index (χ2n) is 14.6. The van der Waals surface area contributed by atoms with E-state index < -0.39 is 40.8 Å². The van der Waals surface area contributed by atoms with Crippen molar-refractivity contribution in [3.05, 3.63) is 219 Å². The highest BCUT2D eigenvalue weighted by Gasteiger charge is 2.55. The zero-order valence-electron chi connectivity index (χ0n) is 34.6. The van der Waals surface area contributed by atoms with Gasteiger partial charge in [0, 0.05) is 11.1 Å². The summed E-state index contributed by atoms with van der Waals surface area (Å²) in [7, 11) is 1.34. The number of carbonyl (C=O) groups excluding carboxylic acids is 3. The summed E-state index contributed by atoms with van der Waals surface area (Å²) in [5.41, 5.74) is 6.10. The Balaban J connectivity index is 0.983. The van der Waals surface area contributed by atoms with E-state index in [2.05, 4.69) is 62.4 Å². The summed E-state index contributed by atoms with van der Waals surface area (Å²) in [5.74, 6) is -1.46. The number of nitrogens with zero attached hydrogens (tertiary/aromatic N) is 5. The fourth-order valence-corrected chi connectivity index (χ4v) is 11.1. The van der Waals surface area contributed by atoms with Crippen LogP contribution in [0.2, 0.25) is 0 Å². The minimum Gasteiger partial charge on any atom is -0.448 e. The molecule has 324 valence electrons. The highest BCUT2D eigenvalue weighted by Crippen LogP contribution is 2.43. The number of anilines is 1. The number of hydrogen-bond donors (Lipinski definition) is 2. The van der Waals surface area contributed by atoms with E-state index in [1.165, 1.54) is 58.2 Å². The third-order valence-electron chi connectivity index (χ3n) is 10.7. The number of hydrogen-bond acceptors (Lipinski definition) is 14. The second-order valence-corrected chi connectivity index (χ2v) is 18.5. The van der Waals surface area contributed by atoms with Gasteiger partial charge in [0.1, 0.15) is 41.0 Å². The minimum atomic E-state index is -0.990. The summed E-state index contributed by atoms with van der Waals surface area (Å²) in [6.45, 7) is 0. The minimum absolute atomic E-state index is 0.106. The zero-order chi connectivity index (χ0) is 44.6. The van der Waals surface area contributed by atoms with Gasteiger partial charge in [0.15, 0.2) is 21.3 Å². The van der Waals surface area contributed by atoms with Crippen molar-refractivity contribution in [2.24, 2.45) is 5.16 Å². The maximum Gasteiger partial charge on any atom is 0.356 e. The molecule has 9 rings (SSSR count). The van der Waals surface area contributed by atoms with Gasteiger partial charge in [-0.05, 0) is 44.9 Å². The molecule has 2 aromatic heterocycles. The average Bonchev–Trinajstić information content (AvgIpc) is 4.07. The number of thioether (sulfide) groups is 2. The van der Waals surface area contributed by atoms with Gasteiger partial charge in [-0.15, -0.1) is 33.3 Å². The predicted octanol–water partition coefficient (Wildman–Crippen LogP) is 9.04. The molecule has 2 unspecified atom stereocenters. The van der Waals surface area contributed by atoms with Gasteiger partial charge >= 0.3 is 5.97 Å². The topological polar surface area (TPSA) is 148 Å². The lowest BCUT2D eigenvalue weighted by Crippen LogP contribution is -2.71. The molecule has 1 fully saturated rings. The summed E-state index contributed by atoms with van der Waals surface area (Å²) in [6.07, 6.45) is 1.05. The first-order valence-electron chi connectivity index (χ1n) is 20.4. The van der Waals surface area contributed by atoms with Crippen molar-refractivity contribution >= 4 is 74.8 Å². The van der Waals surface area contributed by atoms with Crippen molar-refractivity contribution in [1.29, 1.82) is 0 Å². The molecule has 1 saturated heterocycles. The van der Waals surface area contributed by atoms with Gasteiger partial charge in [0.05, 0.1) is 0 Å². The van der Waals surface area contributed by atoms with Crippen LogP contribution in [-0.4, -0.2) is 67.9 Å². The highest BCUT2D eigenvalue weighted by molar-refractivity contribution is 8.03.